The quantitative estimate of drug-likeness (QED) is 0.659. The maximum absolute atomic E-state index is 9.49. The van der Waals surface area contributed by atoms with Crippen molar-refractivity contribution in [3.05, 3.63) is 0 Å². The highest BCUT2D eigenvalue weighted by Gasteiger charge is 2.21. The zero-order valence-corrected chi connectivity index (χ0v) is 8.73. The lowest BCUT2D eigenvalue weighted by Crippen LogP contribution is -2.30. The predicted molar refractivity (Wildman–Crippen MR) is 54.6 cm³/mol. The number of thioether (sulfide) groups is 1. The van der Waals surface area contributed by atoms with Gasteiger partial charge in [-0.15, -0.1) is 0 Å². The van der Waals surface area contributed by atoms with Gasteiger partial charge in [-0.1, -0.05) is 13.8 Å². The predicted octanol–water partition coefficient (Wildman–Crippen LogP) is 1.24. The van der Waals surface area contributed by atoms with Crippen molar-refractivity contribution in [2.45, 2.75) is 44.1 Å². The largest absolute Gasteiger partial charge is 0.391 e. The molecule has 0 aromatic rings. The molecular formula is C9H19NOS. The molecule has 12 heavy (non-hydrogen) atoms. The van der Waals surface area contributed by atoms with Crippen LogP contribution < -0.4 is 5.32 Å². The van der Waals surface area contributed by atoms with Crippen molar-refractivity contribution in [1.29, 1.82) is 0 Å². The van der Waals surface area contributed by atoms with E-state index in [0.717, 1.165) is 12.3 Å². The number of nitrogens with one attached hydrogen (secondary N) is 1. The molecular weight excluding hydrogens is 170 g/mol. The fraction of sp³-hybridized carbons (Fsp3) is 1.00. The highest BCUT2D eigenvalue weighted by Crippen LogP contribution is 2.18. The summed E-state index contributed by atoms with van der Waals surface area (Å²) in [6.45, 7) is 5.09. The van der Waals surface area contributed by atoms with E-state index < -0.39 is 0 Å². The van der Waals surface area contributed by atoms with Crippen LogP contribution in [-0.2, 0) is 0 Å². The van der Waals surface area contributed by atoms with Gasteiger partial charge >= 0.3 is 0 Å². The van der Waals surface area contributed by atoms with Gasteiger partial charge in [0.2, 0.25) is 0 Å². The lowest BCUT2D eigenvalue weighted by Gasteiger charge is -2.12. The Morgan fingerprint density at radius 1 is 1.50 bits per heavy atom. The molecule has 0 spiro atoms. The first-order chi connectivity index (χ1) is 5.68. The molecule has 1 unspecified atom stereocenters. The van der Waals surface area contributed by atoms with Gasteiger partial charge in [0, 0.05) is 18.3 Å². The summed E-state index contributed by atoms with van der Waals surface area (Å²) in [5, 5.41) is 13.4. The fourth-order valence-electron chi connectivity index (χ4n) is 0.953. The Morgan fingerprint density at radius 3 is 2.67 bits per heavy atom. The molecule has 2 nitrogen and oxygen atoms in total. The van der Waals surface area contributed by atoms with Crippen LogP contribution in [0.4, 0.5) is 0 Å². The summed E-state index contributed by atoms with van der Waals surface area (Å²) in [4.78, 5) is 0. The van der Waals surface area contributed by atoms with Crippen molar-refractivity contribution < 1.29 is 5.11 Å². The van der Waals surface area contributed by atoms with E-state index in [4.69, 9.17) is 0 Å². The molecule has 0 bridgehead atoms. The first-order valence-electron chi connectivity index (χ1n) is 4.71. The van der Waals surface area contributed by atoms with E-state index in [-0.39, 0.29) is 6.10 Å². The summed E-state index contributed by atoms with van der Waals surface area (Å²) < 4.78 is 0. The van der Waals surface area contributed by atoms with Crippen LogP contribution in [0.1, 0.15) is 26.7 Å². The second-order valence-corrected chi connectivity index (χ2v) is 5.33. The lowest BCUT2D eigenvalue weighted by atomic mass is 10.4. The third kappa shape index (κ3) is 5.01. The molecule has 0 aromatic heterocycles. The Kier molecular flexibility index (Phi) is 4.40. The molecule has 0 amide bonds. The summed E-state index contributed by atoms with van der Waals surface area (Å²) in [6.07, 6.45) is 2.42. The second-order valence-electron chi connectivity index (χ2n) is 3.72. The van der Waals surface area contributed by atoms with Crippen LogP contribution in [0.2, 0.25) is 0 Å². The van der Waals surface area contributed by atoms with Crippen molar-refractivity contribution in [2.75, 3.05) is 12.3 Å². The van der Waals surface area contributed by atoms with Gasteiger partial charge in [0.15, 0.2) is 0 Å². The summed E-state index contributed by atoms with van der Waals surface area (Å²) in [5.41, 5.74) is 0. The smallest absolute Gasteiger partial charge is 0.0755 e. The van der Waals surface area contributed by atoms with Gasteiger partial charge in [-0.25, -0.2) is 0 Å². The fourth-order valence-corrected chi connectivity index (χ4v) is 1.68. The van der Waals surface area contributed by atoms with E-state index in [1.165, 1.54) is 12.8 Å². The maximum atomic E-state index is 9.49. The van der Waals surface area contributed by atoms with Crippen LogP contribution in [0.25, 0.3) is 0 Å². The van der Waals surface area contributed by atoms with Crippen LogP contribution in [0.15, 0.2) is 0 Å². The number of rotatable bonds is 6. The van der Waals surface area contributed by atoms with Gasteiger partial charge in [0.25, 0.3) is 0 Å². The van der Waals surface area contributed by atoms with Crippen molar-refractivity contribution in [3.63, 3.8) is 0 Å². The molecule has 0 radical (unpaired) electrons. The SMILES string of the molecule is CC(C)SCC(O)CNC1CC1. The topological polar surface area (TPSA) is 32.3 Å². The van der Waals surface area contributed by atoms with Crippen molar-refractivity contribution in [2.24, 2.45) is 0 Å². The Balaban J connectivity index is 1.91. The Hall–Kier alpha value is 0.270. The van der Waals surface area contributed by atoms with E-state index in [1.54, 1.807) is 0 Å². The lowest BCUT2D eigenvalue weighted by molar-refractivity contribution is 0.195. The van der Waals surface area contributed by atoms with Gasteiger partial charge < -0.3 is 10.4 Å². The molecule has 0 saturated heterocycles. The van der Waals surface area contributed by atoms with Gasteiger partial charge in [-0.2, -0.15) is 11.8 Å². The molecule has 0 heterocycles. The van der Waals surface area contributed by atoms with Crippen LogP contribution in [0.5, 0.6) is 0 Å². The minimum absolute atomic E-state index is 0.169. The first-order valence-corrected chi connectivity index (χ1v) is 5.76. The number of hydrogen-bond donors (Lipinski definition) is 2. The van der Waals surface area contributed by atoms with E-state index in [2.05, 4.69) is 19.2 Å². The Labute approximate surface area is 79.1 Å². The molecule has 2 N–H and O–H groups in total. The molecule has 3 heteroatoms. The van der Waals surface area contributed by atoms with Gasteiger partial charge in [-0.05, 0) is 18.1 Å². The highest BCUT2D eigenvalue weighted by atomic mass is 32.2. The maximum Gasteiger partial charge on any atom is 0.0755 e. The first kappa shape index (κ1) is 10.4. The minimum atomic E-state index is -0.169. The zero-order chi connectivity index (χ0) is 8.97. The summed E-state index contributed by atoms with van der Waals surface area (Å²) in [5.74, 6) is 0.859. The molecule has 1 aliphatic rings. The van der Waals surface area contributed by atoms with Crippen LogP contribution in [0, 0.1) is 0 Å². The van der Waals surface area contributed by atoms with Crippen LogP contribution in [0.3, 0.4) is 0 Å². The van der Waals surface area contributed by atoms with Crippen molar-refractivity contribution >= 4 is 11.8 Å². The Bertz CT molecular complexity index is 120. The summed E-state index contributed by atoms with van der Waals surface area (Å²) >= 11 is 1.82. The number of hydrogen-bond acceptors (Lipinski definition) is 3. The number of aliphatic hydroxyl groups is 1. The number of aliphatic hydroxyl groups excluding tert-OH is 1. The average Bonchev–Trinajstić information content (AvgIpc) is 2.80. The highest BCUT2D eigenvalue weighted by molar-refractivity contribution is 7.99. The molecule has 72 valence electrons. The van der Waals surface area contributed by atoms with Crippen LogP contribution in [-0.4, -0.2) is 34.8 Å². The monoisotopic (exact) mass is 189 g/mol. The van der Waals surface area contributed by atoms with Gasteiger partial charge in [-0.3, -0.25) is 0 Å². The Morgan fingerprint density at radius 2 is 2.17 bits per heavy atom. The minimum Gasteiger partial charge on any atom is -0.391 e. The van der Waals surface area contributed by atoms with E-state index in [0.29, 0.717) is 11.3 Å². The van der Waals surface area contributed by atoms with Crippen molar-refractivity contribution in [3.8, 4) is 0 Å². The van der Waals surface area contributed by atoms with E-state index in [1.807, 2.05) is 11.8 Å². The summed E-state index contributed by atoms with van der Waals surface area (Å²) in [7, 11) is 0. The zero-order valence-electron chi connectivity index (χ0n) is 7.92. The van der Waals surface area contributed by atoms with Crippen molar-refractivity contribution in [1.82, 2.24) is 5.32 Å². The van der Waals surface area contributed by atoms with Gasteiger partial charge in [0.1, 0.15) is 0 Å². The normalized spacial score (nSPS) is 20.0. The second kappa shape index (κ2) is 5.10. The van der Waals surface area contributed by atoms with Gasteiger partial charge in [0.05, 0.1) is 6.10 Å². The molecule has 1 saturated carbocycles. The molecule has 1 rings (SSSR count). The average molecular weight is 189 g/mol. The molecule has 1 fully saturated rings. The van der Waals surface area contributed by atoms with Crippen LogP contribution >= 0.6 is 11.8 Å². The summed E-state index contributed by atoms with van der Waals surface area (Å²) in [6, 6.07) is 0.712. The molecule has 1 atom stereocenters. The molecule has 0 aromatic carbocycles. The molecule has 0 aliphatic heterocycles. The molecule has 1 aliphatic carbocycles. The van der Waals surface area contributed by atoms with E-state index >= 15 is 0 Å². The van der Waals surface area contributed by atoms with E-state index in [9.17, 15) is 5.11 Å². The third-order valence-electron chi connectivity index (χ3n) is 1.84. The third-order valence-corrected chi connectivity index (χ3v) is 3.09. The standard InChI is InChI=1S/C9H19NOS/c1-7(2)12-6-9(11)5-10-8-3-4-8/h7-11H,3-6H2,1-2H3.